The fourth-order valence-corrected chi connectivity index (χ4v) is 4.62. The number of hydrogen-bond acceptors (Lipinski definition) is 4. The summed E-state index contributed by atoms with van der Waals surface area (Å²) in [7, 11) is 0. The summed E-state index contributed by atoms with van der Waals surface area (Å²) in [5.41, 5.74) is 10.1. The van der Waals surface area contributed by atoms with Crippen LogP contribution in [0.25, 0.3) is 16.8 Å². The van der Waals surface area contributed by atoms with E-state index in [0.29, 0.717) is 26.1 Å². The molecule has 0 aliphatic carbocycles. The fraction of sp³-hybridized carbons (Fsp3) is 0.310. The van der Waals surface area contributed by atoms with E-state index in [1.807, 2.05) is 54.3 Å². The van der Waals surface area contributed by atoms with Crippen LogP contribution in [0.1, 0.15) is 29.5 Å². The van der Waals surface area contributed by atoms with Crippen molar-refractivity contribution < 1.29 is 9.59 Å². The summed E-state index contributed by atoms with van der Waals surface area (Å²) in [5.74, 6) is -0.126. The van der Waals surface area contributed by atoms with E-state index in [9.17, 15) is 9.59 Å². The molecule has 1 aliphatic rings. The van der Waals surface area contributed by atoms with E-state index < -0.39 is 0 Å². The highest BCUT2D eigenvalue weighted by Crippen LogP contribution is 2.25. The summed E-state index contributed by atoms with van der Waals surface area (Å²) in [6, 6.07) is 20.0. The lowest BCUT2D eigenvalue weighted by molar-refractivity contribution is -0.120. The van der Waals surface area contributed by atoms with Crippen molar-refractivity contribution in [3.63, 3.8) is 0 Å². The SMILES string of the molecule is Cc1ccc(/C=C/C(=O)NC[C@H]2CCN(c3ccc4ccccc4c3)C(=O)[C@@H](CCN)N2)c(C)c1. The van der Waals surface area contributed by atoms with Crippen LogP contribution in [0.4, 0.5) is 5.69 Å². The number of hydrogen-bond donors (Lipinski definition) is 3. The molecule has 4 rings (SSSR count). The molecule has 0 aromatic heterocycles. The maximum absolute atomic E-state index is 13.4. The molecule has 3 aromatic rings. The molecular formula is C29H34N4O2. The molecule has 0 spiro atoms. The second kappa shape index (κ2) is 11.3. The first-order chi connectivity index (χ1) is 16.9. The average molecular weight is 471 g/mol. The zero-order valence-corrected chi connectivity index (χ0v) is 20.5. The van der Waals surface area contributed by atoms with Gasteiger partial charge in [0, 0.05) is 30.9 Å². The van der Waals surface area contributed by atoms with Gasteiger partial charge >= 0.3 is 0 Å². The lowest BCUT2D eigenvalue weighted by atomic mass is 10.1. The minimum absolute atomic E-state index is 0.0225. The van der Waals surface area contributed by atoms with Crippen molar-refractivity contribution in [2.45, 2.75) is 38.8 Å². The number of amides is 2. The first-order valence-electron chi connectivity index (χ1n) is 12.2. The third-order valence-electron chi connectivity index (χ3n) is 6.56. The van der Waals surface area contributed by atoms with Gasteiger partial charge in [0.1, 0.15) is 0 Å². The van der Waals surface area contributed by atoms with Crippen LogP contribution in [0.3, 0.4) is 0 Å². The van der Waals surface area contributed by atoms with E-state index in [2.05, 4.69) is 41.8 Å². The molecule has 6 nitrogen and oxygen atoms in total. The van der Waals surface area contributed by atoms with E-state index in [0.717, 1.165) is 34.0 Å². The van der Waals surface area contributed by atoms with Crippen LogP contribution in [0.5, 0.6) is 0 Å². The van der Waals surface area contributed by atoms with Crippen LogP contribution in [0.15, 0.2) is 66.7 Å². The highest BCUT2D eigenvalue weighted by atomic mass is 16.2. The highest BCUT2D eigenvalue weighted by molar-refractivity contribution is 5.99. The van der Waals surface area contributed by atoms with Gasteiger partial charge in [0.15, 0.2) is 0 Å². The molecule has 1 heterocycles. The molecule has 0 saturated carbocycles. The molecule has 3 aromatic carbocycles. The lowest BCUT2D eigenvalue weighted by Gasteiger charge is -2.25. The van der Waals surface area contributed by atoms with Gasteiger partial charge in [0.2, 0.25) is 11.8 Å². The van der Waals surface area contributed by atoms with Crippen molar-refractivity contribution in [3.05, 3.63) is 83.4 Å². The summed E-state index contributed by atoms with van der Waals surface area (Å²) < 4.78 is 0. The largest absolute Gasteiger partial charge is 0.351 e. The Morgan fingerprint density at radius 1 is 1.11 bits per heavy atom. The normalized spacial score (nSPS) is 18.7. The molecule has 1 saturated heterocycles. The van der Waals surface area contributed by atoms with Gasteiger partial charge in [-0.2, -0.15) is 0 Å². The quantitative estimate of drug-likeness (QED) is 0.460. The standard InChI is InChI=1S/C29H34N4O2/c1-20-7-8-22(21(2)17-20)10-12-28(34)31-19-25-14-16-33(29(35)27(32-25)13-15-30)26-11-9-23-5-3-4-6-24(23)18-26/h3-12,17-18,25,27,32H,13-16,19,30H2,1-2H3,(H,31,34)/b12-10+/t25-,27-/m1/s1. The Morgan fingerprint density at radius 2 is 1.91 bits per heavy atom. The van der Waals surface area contributed by atoms with Gasteiger partial charge in [-0.3, -0.25) is 9.59 Å². The monoisotopic (exact) mass is 470 g/mol. The molecule has 1 fully saturated rings. The minimum Gasteiger partial charge on any atom is -0.351 e. The number of nitrogens with two attached hydrogens (primary N) is 1. The van der Waals surface area contributed by atoms with E-state index in [1.54, 1.807) is 6.08 Å². The maximum Gasteiger partial charge on any atom is 0.244 e. The number of fused-ring (bicyclic) bond motifs is 1. The Morgan fingerprint density at radius 3 is 2.69 bits per heavy atom. The van der Waals surface area contributed by atoms with Gasteiger partial charge in [-0.25, -0.2) is 0 Å². The van der Waals surface area contributed by atoms with E-state index in [-0.39, 0.29) is 23.9 Å². The summed E-state index contributed by atoms with van der Waals surface area (Å²) in [5, 5.41) is 8.67. The van der Waals surface area contributed by atoms with Crippen molar-refractivity contribution in [2.75, 3.05) is 24.5 Å². The van der Waals surface area contributed by atoms with Crippen molar-refractivity contribution in [1.29, 1.82) is 0 Å². The van der Waals surface area contributed by atoms with Crippen molar-refractivity contribution >= 4 is 34.4 Å². The summed E-state index contributed by atoms with van der Waals surface area (Å²) in [6.07, 6.45) is 4.67. The van der Waals surface area contributed by atoms with Crippen molar-refractivity contribution in [3.8, 4) is 0 Å². The van der Waals surface area contributed by atoms with Crippen LogP contribution in [-0.4, -0.2) is 43.5 Å². The number of nitrogens with zero attached hydrogens (tertiary/aromatic N) is 1. The minimum atomic E-state index is -0.387. The van der Waals surface area contributed by atoms with E-state index in [4.69, 9.17) is 5.73 Å². The van der Waals surface area contributed by atoms with Gasteiger partial charge in [-0.05, 0) is 73.3 Å². The topological polar surface area (TPSA) is 87.5 Å². The lowest BCUT2D eigenvalue weighted by Crippen LogP contribution is -2.49. The van der Waals surface area contributed by atoms with Crippen LogP contribution >= 0.6 is 0 Å². The molecule has 2 amide bonds. The maximum atomic E-state index is 13.4. The molecular weight excluding hydrogens is 436 g/mol. The van der Waals surface area contributed by atoms with Crippen LogP contribution in [0, 0.1) is 13.8 Å². The Hall–Kier alpha value is -3.48. The predicted molar refractivity (Wildman–Crippen MR) is 143 cm³/mol. The van der Waals surface area contributed by atoms with E-state index >= 15 is 0 Å². The second-order valence-corrected chi connectivity index (χ2v) is 9.24. The Kier molecular flexibility index (Phi) is 7.95. The number of carbonyl (C=O) groups excluding carboxylic acids is 2. The van der Waals surface area contributed by atoms with Gasteiger partial charge < -0.3 is 21.3 Å². The Bertz CT molecular complexity index is 1240. The summed E-state index contributed by atoms with van der Waals surface area (Å²) in [4.78, 5) is 27.7. The summed E-state index contributed by atoms with van der Waals surface area (Å²) in [6.45, 7) is 5.51. The zero-order chi connectivity index (χ0) is 24.8. The van der Waals surface area contributed by atoms with Gasteiger partial charge in [0.25, 0.3) is 0 Å². The van der Waals surface area contributed by atoms with Crippen LogP contribution in [0.2, 0.25) is 0 Å². The summed E-state index contributed by atoms with van der Waals surface area (Å²) >= 11 is 0. The Balaban J connectivity index is 1.42. The molecule has 0 bridgehead atoms. The third-order valence-corrected chi connectivity index (χ3v) is 6.56. The second-order valence-electron chi connectivity index (χ2n) is 9.24. The number of carbonyl (C=O) groups is 2. The molecule has 4 N–H and O–H groups in total. The number of anilines is 1. The van der Waals surface area contributed by atoms with Crippen molar-refractivity contribution in [1.82, 2.24) is 10.6 Å². The van der Waals surface area contributed by atoms with Gasteiger partial charge in [-0.1, -0.05) is 54.1 Å². The number of benzene rings is 3. The fourth-order valence-electron chi connectivity index (χ4n) is 4.62. The number of aryl methyl sites for hydroxylation is 2. The van der Waals surface area contributed by atoms with Gasteiger partial charge in [-0.15, -0.1) is 0 Å². The molecule has 182 valence electrons. The molecule has 2 atom stereocenters. The first-order valence-corrected chi connectivity index (χ1v) is 12.2. The molecule has 35 heavy (non-hydrogen) atoms. The van der Waals surface area contributed by atoms with Crippen molar-refractivity contribution in [2.24, 2.45) is 5.73 Å². The predicted octanol–water partition coefficient (Wildman–Crippen LogP) is 3.70. The van der Waals surface area contributed by atoms with Crippen LogP contribution < -0.4 is 21.3 Å². The van der Waals surface area contributed by atoms with Crippen LogP contribution in [-0.2, 0) is 9.59 Å². The Labute approximate surface area is 207 Å². The first kappa shape index (κ1) is 24.6. The van der Waals surface area contributed by atoms with Gasteiger partial charge in [0.05, 0.1) is 6.04 Å². The molecule has 1 aliphatic heterocycles. The van der Waals surface area contributed by atoms with E-state index in [1.165, 1.54) is 5.56 Å². The molecule has 6 heteroatoms. The third kappa shape index (κ3) is 6.15. The zero-order valence-electron chi connectivity index (χ0n) is 20.5. The smallest absolute Gasteiger partial charge is 0.244 e. The number of rotatable bonds is 7. The molecule has 0 unspecified atom stereocenters. The highest BCUT2D eigenvalue weighted by Gasteiger charge is 2.31. The number of nitrogens with one attached hydrogen (secondary N) is 2. The average Bonchev–Trinajstić information content (AvgIpc) is 3.01. The molecule has 0 radical (unpaired) electrons.